The van der Waals surface area contributed by atoms with Crippen LogP contribution in [0.2, 0.25) is 0 Å². The molecule has 5 heteroatoms. The van der Waals surface area contributed by atoms with Crippen molar-refractivity contribution in [3.8, 4) is 0 Å². The maximum Gasteiger partial charge on any atom is 0.338 e. The van der Waals surface area contributed by atoms with Gasteiger partial charge in [0.05, 0.1) is 24.9 Å². The van der Waals surface area contributed by atoms with Gasteiger partial charge in [0.15, 0.2) is 0 Å². The number of hydrogen-bond donors (Lipinski definition) is 2. The van der Waals surface area contributed by atoms with Gasteiger partial charge in [-0.15, -0.1) is 0 Å². The smallest absolute Gasteiger partial charge is 0.338 e. The Balaban J connectivity index is 0.00000129. The van der Waals surface area contributed by atoms with Crippen LogP contribution in [0.25, 0.3) is 0 Å². The van der Waals surface area contributed by atoms with E-state index in [1.807, 2.05) is 0 Å². The van der Waals surface area contributed by atoms with Gasteiger partial charge in [-0.2, -0.15) is 0 Å². The van der Waals surface area contributed by atoms with E-state index in [4.69, 9.17) is 14.9 Å². The minimum atomic E-state index is -0.560. The molecule has 0 radical (unpaired) electrons. The van der Waals surface area contributed by atoms with Gasteiger partial charge in [0.1, 0.15) is 0 Å². The van der Waals surface area contributed by atoms with E-state index < -0.39 is 6.10 Å². The Morgan fingerprint density at radius 1 is 0.929 bits per heavy atom. The second-order valence-corrected chi connectivity index (χ2v) is 7.29. The van der Waals surface area contributed by atoms with E-state index >= 15 is 0 Å². The molecule has 0 aliphatic rings. The lowest BCUT2D eigenvalue weighted by atomic mass is 10.1. The van der Waals surface area contributed by atoms with Gasteiger partial charge in [0.2, 0.25) is 0 Å². The van der Waals surface area contributed by atoms with Crippen LogP contribution in [0.5, 0.6) is 0 Å². The molecule has 1 aromatic rings. The Hall–Kier alpha value is -1.46. The van der Waals surface area contributed by atoms with Crippen LogP contribution in [0.1, 0.15) is 101 Å². The largest absolute Gasteiger partial charge is 0.462 e. The molecule has 1 unspecified atom stereocenters. The summed E-state index contributed by atoms with van der Waals surface area (Å²) in [5.41, 5.74) is 0.582. The van der Waals surface area contributed by atoms with Crippen LogP contribution in [-0.4, -0.2) is 40.5 Å². The highest BCUT2D eigenvalue weighted by molar-refractivity contribution is 5.89. The molecule has 0 aliphatic heterocycles. The summed E-state index contributed by atoms with van der Waals surface area (Å²) in [6.45, 7) is 4.18. The van der Waals surface area contributed by atoms with Crippen LogP contribution in [0.4, 0.5) is 0 Å². The number of pyridine rings is 1. The van der Waals surface area contributed by atoms with Gasteiger partial charge < -0.3 is 14.9 Å². The zero-order chi connectivity index (χ0) is 20.9. The van der Waals surface area contributed by atoms with Crippen LogP contribution in [0.3, 0.4) is 0 Å². The average Bonchev–Trinajstić information content (AvgIpc) is 2.72. The number of hydrogen-bond acceptors (Lipinski definition) is 5. The fraction of sp³-hybridized carbons (Fsp3) is 0.739. The highest BCUT2D eigenvalue weighted by Gasteiger charge is 2.05. The van der Waals surface area contributed by atoms with Crippen LogP contribution in [0, 0.1) is 0 Å². The van der Waals surface area contributed by atoms with Crippen LogP contribution < -0.4 is 0 Å². The molecule has 5 nitrogen and oxygen atoms in total. The molecular weight excluding hydrogens is 354 g/mol. The molecule has 0 aliphatic carbocycles. The molecule has 0 spiro atoms. The summed E-state index contributed by atoms with van der Waals surface area (Å²) in [5, 5.41) is 16.0. The molecule has 0 saturated heterocycles. The lowest BCUT2D eigenvalue weighted by Gasteiger charge is -2.05. The molecule has 1 atom stereocenters. The van der Waals surface area contributed by atoms with E-state index in [0.717, 1.165) is 12.8 Å². The number of aliphatic hydroxyl groups is 2. The molecule has 1 heterocycles. The Morgan fingerprint density at radius 2 is 1.36 bits per heavy atom. The van der Waals surface area contributed by atoms with Gasteiger partial charge in [-0.3, -0.25) is 4.98 Å². The topological polar surface area (TPSA) is 79.6 Å². The molecule has 0 bridgehead atoms. The van der Waals surface area contributed by atoms with Crippen molar-refractivity contribution in [3.63, 3.8) is 0 Å². The summed E-state index contributed by atoms with van der Waals surface area (Å²) in [6, 6.07) is 3.37. The maximum absolute atomic E-state index is 11.7. The predicted molar refractivity (Wildman–Crippen MR) is 114 cm³/mol. The molecule has 1 aromatic heterocycles. The number of nitrogens with zero attached hydrogens (tertiary/aromatic N) is 1. The zero-order valence-electron chi connectivity index (χ0n) is 17.9. The first-order valence-corrected chi connectivity index (χ1v) is 11.0. The fourth-order valence-electron chi connectivity index (χ4n) is 2.68. The first-order chi connectivity index (χ1) is 13.6. The van der Waals surface area contributed by atoms with E-state index in [0.29, 0.717) is 12.2 Å². The first-order valence-electron chi connectivity index (χ1n) is 11.0. The van der Waals surface area contributed by atoms with Crippen molar-refractivity contribution in [2.24, 2.45) is 0 Å². The fourth-order valence-corrected chi connectivity index (χ4v) is 2.68. The molecule has 0 amide bonds. The highest BCUT2D eigenvalue weighted by atomic mass is 16.5. The number of ether oxygens (including phenoxy) is 1. The van der Waals surface area contributed by atoms with Gasteiger partial charge in [0.25, 0.3) is 0 Å². The molecule has 0 aromatic carbocycles. The van der Waals surface area contributed by atoms with E-state index in [-0.39, 0.29) is 12.6 Å². The number of aliphatic hydroxyl groups excluding tert-OH is 2. The number of unbranched alkanes of at least 4 members (excludes halogenated alkanes) is 11. The normalized spacial score (nSPS) is 11.4. The monoisotopic (exact) mass is 395 g/mol. The van der Waals surface area contributed by atoms with Gasteiger partial charge in [0, 0.05) is 12.4 Å². The average molecular weight is 396 g/mol. The van der Waals surface area contributed by atoms with Crippen molar-refractivity contribution >= 4 is 5.97 Å². The summed E-state index contributed by atoms with van der Waals surface area (Å²) in [4.78, 5) is 15.6. The quantitative estimate of drug-likeness (QED) is 0.311. The summed E-state index contributed by atoms with van der Waals surface area (Å²) in [5.74, 6) is -0.240. The molecular formula is C23H41NO4. The number of aromatic nitrogens is 1. The second kappa shape index (κ2) is 20.3. The van der Waals surface area contributed by atoms with Crippen molar-refractivity contribution in [2.75, 3.05) is 13.2 Å². The van der Waals surface area contributed by atoms with Crippen molar-refractivity contribution in [2.45, 2.75) is 97.0 Å². The maximum atomic E-state index is 11.7. The van der Waals surface area contributed by atoms with Gasteiger partial charge in [-0.05, 0) is 25.5 Å². The van der Waals surface area contributed by atoms with E-state index in [2.05, 4.69) is 11.9 Å². The second-order valence-electron chi connectivity index (χ2n) is 7.29. The number of rotatable bonds is 15. The molecule has 162 valence electrons. The van der Waals surface area contributed by atoms with Crippen molar-refractivity contribution < 1.29 is 19.7 Å². The van der Waals surface area contributed by atoms with Gasteiger partial charge >= 0.3 is 5.97 Å². The summed E-state index contributed by atoms with van der Waals surface area (Å²) in [7, 11) is 0. The van der Waals surface area contributed by atoms with Crippen molar-refractivity contribution in [1.29, 1.82) is 0 Å². The van der Waals surface area contributed by atoms with Gasteiger partial charge in [-0.1, -0.05) is 77.6 Å². The highest BCUT2D eigenvalue weighted by Crippen LogP contribution is 2.12. The van der Waals surface area contributed by atoms with E-state index in [1.165, 1.54) is 71.1 Å². The number of carbonyl (C=O) groups is 1. The summed E-state index contributed by atoms with van der Waals surface area (Å²) < 4.78 is 5.25. The van der Waals surface area contributed by atoms with Gasteiger partial charge in [-0.25, -0.2) is 4.79 Å². The Morgan fingerprint density at radius 3 is 1.79 bits per heavy atom. The van der Waals surface area contributed by atoms with E-state index in [1.54, 1.807) is 24.5 Å². The first kappa shape index (κ1) is 26.5. The zero-order valence-corrected chi connectivity index (χ0v) is 17.9. The minimum Gasteiger partial charge on any atom is -0.462 e. The van der Waals surface area contributed by atoms with Crippen LogP contribution in [-0.2, 0) is 4.74 Å². The van der Waals surface area contributed by atoms with Crippen molar-refractivity contribution in [3.05, 3.63) is 30.1 Å². The van der Waals surface area contributed by atoms with Crippen molar-refractivity contribution in [1.82, 2.24) is 4.98 Å². The molecule has 0 fully saturated rings. The third-order valence-corrected chi connectivity index (χ3v) is 4.41. The number of carbonyl (C=O) groups excluding carboxylic acids is 1. The lowest BCUT2D eigenvalue weighted by molar-refractivity contribution is 0.0497. The Labute approximate surface area is 171 Å². The SMILES string of the molecule is CC(O)CO.CCCCCCCCCCCCCCOC(=O)c1ccncc1. The molecule has 1 rings (SSSR count). The Kier molecular flexibility index (Phi) is 19.2. The summed E-state index contributed by atoms with van der Waals surface area (Å²) >= 11 is 0. The summed E-state index contributed by atoms with van der Waals surface area (Å²) in [6.07, 6.45) is 18.4. The van der Waals surface area contributed by atoms with E-state index in [9.17, 15) is 4.79 Å². The van der Waals surface area contributed by atoms with Crippen LogP contribution in [0.15, 0.2) is 24.5 Å². The minimum absolute atomic E-state index is 0.139. The Bertz CT molecular complexity index is 451. The third-order valence-electron chi connectivity index (χ3n) is 4.41. The number of esters is 1. The predicted octanol–water partition coefficient (Wildman–Crippen LogP) is 5.30. The third kappa shape index (κ3) is 17.9. The van der Waals surface area contributed by atoms with Crippen LogP contribution >= 0.6 is 0 Å². The standard InChI is InChI=1S/C20H33NO2.C3H8O2/c1-2-3-4-5-6-7-8-9-10-11-12-13-18-23-20(22)19-14-16-21-17-15-19;1-3(5)2-4/h14-17H,2-13,18H2,1H3;3-5H,2H2,1H3. The molecule has 28 heavy (non-hydrogen) atoms. The lowest BCUT2D eigenvalue weighted by Crippen LogP contribution is -2.06. The molecule has 0 saturated carbocycles. The molecule has 2 N–H and O–H groups in total.